The summed E-state index contributed by atoms with van der Waals surface area (Å²) in [6.45, 7) is 0.314. The molecule has 0 aliphatic rings. The van der Waals surface area contributed by atoms with E-state index in [0.29, 0.717) is 0 Å². The van der Waals surface area contributed by atoms with Crippen LogP contribution in [-0.4, -0.2) is 68.5 Å². The van der Waals surface area contributed by atoms with Crippen LogP contribution < -0.4 is 14.2 Å². The second-order valence-corrected chi connectivity index (χ2v) is 7.15. The van der Waals surface area contributed by atoms with Crippen LogP contribution in [0.25, 0.3) is 0 Å². The van der Waals surface area contributed by atoms with Gasteiger partial charge in [0.05, 0.1) is 16.1 Å². The third kappa shape index (κ3) is 9.02. The molecule has 6 nitrogen and oxygen atoms in total. The first-order valence-electron chi connectivity index (χ1n) is 6.73. The number of rotatable bonds is 12. The summed E-state index contributed by atoms with van der Waals surface area (Å²) in [5, 5.41) is -1.20. The third-order valence-electron chi connectivity index (χ3n) is 2.26. The molecule has 24 heavy (non-hydrogen) atoms. The summed E-state index contributed by atoms with van der Waals surface area (Å²) in [6, 6.07) is -0.0840. The highest BCUT2D eigenvalue weighted by molar-refractivity contribution is 6.28. The van der Waals surface area contributed by atoms with E-state index in [0.717, 1.165) is 0 Å². The minimum Gasteiger partial charge on any atom is -0.462 e. The normalized spacial score (nSPS) is 14.8. The summed E-state index contributed by atoms with van der Waals surface area (Å²) in [4.78, 5) is 12.0. The van der Waals surface area contributed by atoms with Gasteiger partial charge >= 0.3 is 18.0 Å². The summed E-state index contributed by atoms with van der Waals surface area (Å²) in [5.41, 5.74) is 0. The molecule has 0 amide bonds. The monoisotopic (exact) mass is 459 g/mol. The van der Waals surface area contributed by atoms with Crippen LogP contribution in [0.15, 0.2) is 0 Å². The van der Waals surface area contributed by atoms with Gasteiger partial charge in [-0.25, -0.2) is 0 Å². The van der Waals surface area contributed by atoms with Gasteiger partial charge in [0.2, 0.25) is 0 Å². The van der Waals surface area contributed by atoms with Crippen molar-refractivity contribution in [3.05, 3.63) is 0 Å². The fourth-order valence-electron chi connectivity index (χ4n) is 1.14. The fraction of sp³-hybridized carbons (Fsp3) is 0.750. The van der Waals surface area contributed by atoms with Crippen LogP contribution in [-0.2, 0) is 0 Å². The second kappa shape index (κ2) is 12.5. The number of halogens is 6. The van der Waals surface area contributed by atoms with Gasteiger partial charge in [0.25, 0.3) is 0 Å². The van der Waals surface area contributed by atoms with Crippen LogP contribution in [0.5, 0.6) is 18.0 Å². The number of hydrogen-bond acceptors (Lipinski definition) is 6. The van der Waals surface area contributed by atoms with Gasteiger partial charge < -0.3 is 14.2 Å². The Kier molecular flexibility index (Phi) is 11.6. The maximum absolute atomic E-state index is 5.88. The zero-order chi connectivity index (χ0) is 17.9. The molecule has 1 aromatic rings. The van der Waals surface area contributed by atoms with Gasteiger partial charge in [0.1, 0.15) is 19.8 Å². The molecule has 1 heterocycles. The van der Waals surface area contributed by atoms with E-state index in [-0.39, 0.29) is 55.5 Å². The Morgan fingerprint density at radius 1 is 0.583 bits per heavy atom. The van der Waals surface area contributed by atoms with Crippen molar-refractivity contribution in [2.75, 3.05) is 37.5 Å². The van der Waals surface area contributed by atoms with Crippen LogP contribution in [0.1, 0.15) is 0 Å². The number of hydrogen-bond donors (Lipinski definition) is 0. The van der Waals surface area contributed by atoms with Crippen molar-refractivity contribution >= 4 is 69.6 Å². The number of alkyl halides is 6. The van der Waals surface area contributed by atoms with Crippen molar-refractivity contribution in [1.82, 2.24) is 15.0 Å². The van der Waals surface area contributed by atoms with E-state index in [9.17, 15) is 0 Å². The SMILES string of the molecule is ClCC(Cl)COc1nc(OCC(Cl)CCl)nc(OCC(Cl)CCl)n1. The first-order chi connectivity index (χ1) is 11.5. The molecule has 0 fully saturated rings. The Balaban J connectivity index is 2.79. The summed E-state index contributed by atoms with van der Waals surface area (Å²) < 4.78 is 16.0. The van der Waals surface area contributed by atoms with Gasteiger partial charge in [-0.15, -0.1) is 84.6 Å². The smallest absolute Gasteiger partial charge is 0.325 e. The molecule has 0 saturated carbocycles. The van der Waals surface area contributed by atoms with Gasteiger partial charge in [-0.3, -0.25) is 0 Å². The lowest BCUT2D eigenvalue weighted by molar-refractivity contribution is 0.238. The lowest BCUT2D eigenvalue weighted by atomic mass is 10.5. The lowest BCUT2D eigenvalue weighted by Crippen LogP contribution is -2.18. The van der Waals surface area contributed by atoms with Crippen LogP contribution in [0, 0.1) is 0 Å². The van der Waals surface area contributed by atoms with Crippen molar-refractivity contribution < 1.29 is 14.2 Å². The molecule has 0 bridgehead atoms. The summed E-state index contributed by atoms with van der Waals surface area (Å²) >= 11 is 34.5. The molecule has 0 N–H and O–H groups in total. The molecule has 0 aliphatic carbocycles. The maximum Gasteiger partial charge on any atom is 0.325 e. The second-order valence-electron chi connectivity index (χ2n) is 4.37. The molecule has 3 atom stereocenters. The standard InChI is InChI=1S/C12H15Cl6N3O3/c13-1-7(16)4-22-10-19-11(23-5-8(17)2-14)21-12(20-10)24-6-9(18)3-15/h7-9H,1-6H2. The predicted molar refractivity (Wildman–Crippen MR) is 97.4 cm³/mol. The van der Waals surface area contributed by atoms with E-state index < -0.39 is 16.1 Å². The Bertz CT molecular complexity index is 408. The van der Waals surface area contributed by atoms with E-state index in [2.05, 4.69) is 15.0 Å². The third-order valence-corrected chi connectivity index (χ3v) is 4.69. The van der Waals surface area contributed by atoms with Crippen molar-refractivity contribution in [3.8, 4) is 18.0 Å². The Morgan fingerprint density at radius 2 is 0.833 bits per heavy atom. The largest absolute Gasteiger partial charge is 0.462 e. The van der Waals surface area contributed by atoms with Gasteiger partial charge in [0.15, 0.2) is 0 Å². The number of aromatic nitrogens is 3. The molecular formula is C12H15Cl6N3O3. The summed E-state index contributed by atoms with van der Waals surface area (Å²) in [6.07, 6.45) is 0. The first-order valence-corrected chi connectivity index (χ1v) is 9.64. The van der Waals surface area contributed by atoms with Crippen molar-refractivity contribution in [2.24, 2.45) is 0 Å². The van der Waals surface area contributed by atoms with E-state index >= 15 is 0 Å². The fourth-order valence-corrected chi connectivity index (χ4v) is 1.60. The van der Waals surface area contributed by atoms with Crippen LogP contribution in [0.4, 0.5) is 0 Å². The lowest BCUT2D eigenvalue weighted by Gasteiger charge is -2.12. The minimum absolute atomic E-state index is 0.0280. The molecule has 1 aromatic heterocycles. The molecule has 12 heteroatoms. The highest BCUT2D eigenvalue weighted by atomic mass is 35.5. The summed E-state index contributed by atoms with van der Waals surface area (Å²) in [5.74, 6) is 0.645. The van der Waals surface area contributed by atoms with E-state index in [4.69, 9.17) is 83.8 Å². The number of nitrogens with zero attached hydrogens (tertiary/aromatic N) is 3. The van der Waals surface area contributed by atoms with Crippen LogP contribution in [0.2, 0.25) is 0 Å². The zero-order valence-corrected chi connectivity index (χ0v) is 16.8. The Morgan fingerprint density at radius 3 is 1.04 bits per heavy atom. The van der Waals surface area contributed by atoms with Crippen molar-refractivity contribution in [1.29, 1.82) is 0 Å². The highest BCUT2D eigenvalue weighted by Crippen LogP contribution is 2.17. The van der Waals surface area contributed by atoms with Gasteiger partial charge in [-0.05, 0) is 0 Å². The Labute approximate surface area is 170 Å². The van der Waals surface area contributed by atoms with E-state index in [1.165, 1.54) is 0 Å². The van der Waals surface area contributed by atoms with Crippen LogP contribution >= 0.6 is 69.6 Å². The Hall–Kier alpha value is 0.150. The molecule has 0 aromatic carbocycles. The molecule has 3 unspecified atom stereocenters. The van der Waals surface area contributed by atoms with Gasteiger partial charge in [-0.1, -0.05) is 0 Å². The minimum atomic E-state index is -0.399. The average Bonchev–Trinajstić information content (AvgIpc) is 2.61. The average molecular weight is 462 g/mol. The maximum atomic E-state index is 5.88. The molecule has 0 radical (unpaired) electrons. The van der Waals surface area contributed by atoms with E-state index in [1.54, 1.807) is 0 Å². The molecule has 0 saturated heterocycles. The zero-order valence-electron chi connectivity index (χ0n) is 12.3. The highest BCUT2D eigenvalue weighted by Gasteiger charge is 2.14. The van der Waals surface area contributed by atoms with E-state index in [1.807, 2.05) is 0 Å². The topological polar surface area (TPSA) is 66.4 Å². The molecule has 0 spiro atoms. The predicted octanol–water partition coefficient (Wildman–Crippen LogP) is 3.55. The molecule has 1 rings (SSSR count). The first kappa shape index (κ1) is 22.2. The summed E-state index contributed by atoms with van der Waals surface area (Å²) in [7, 11) is 0. The van der Waals surface area contributed by atoms with Crippen molar-refractivity contribution in [2.45, 2.75) is 16.1 Å². The van der Waals surface area contributed by atoms with Gasteiger partial charge in [-0.2, -0.15) is 0 Å². The van der Waals surface area contributed by atoms with Gasteiger partial charge in [0, 0.05) is 17.6 Å². The number of ether oxygens (including phenoxy) is 3. The van der Waals surface area contributed by atoms with Crippen LogP contribution in [0.3, 0.4) is 0 Å². The molecular weight excluding hydrogens is 447 g/mol. The molecule has 0 aliphatic heterocycles. The van der Waals surface area contributed by atoms with Crippen molar-refractivity contribution in [3.63, 3.8) is 0 Å². The quantitative estimate of drug-likeness (QED) is 0.443. The molecule has 138 valence electrons.